The first-order valence-corrected chi connectivity index (χ1v) is 7.96. The highest BCUT2D eigenvalue weighted by atomic mass is 79.9. The highest BCUT2D eigenvalue weighted by molar-refractivity contribution is 9.10. The standard InChI is InChI=1S/C16H25BrN2O/c1-12(2)19(13(3)4)10-9-18-16(20)11-14-5-7-15(17)8-6-14/h5-8,12-13H,9-11H2,1-4H3,(H,18,20). The third-order valence-corrected chi connectivity index (χ3v) is 3.83. The van der Waals surface area contributed by atoms with Crippen LogP contribution in [0.2, 0.25) is 0 Å². The number of benzene rings is 1. The first-order valence-electron chi connectivity index (χ1n) is 7.17. The fourth-order valence-corrected chi connectivity index (χ4v) is 2.55. The van der Waals surface area contributed by atoms with Crippen molar-refractivity contribution in [3.8, 4) is 0 Å². The minimum atomic E-state index is 0.0831. The molecule has 0 saturated carbocycles. The molecule has 0 bridgehead atoms. The van der Waals surface area contributed by atoms with E-state index in [1.54, 1.807) is 0 Å². The van der Waals surface area contributed by atoms with Crippen molar-refractivity contribution in [1.82, 2.24) is 10.2 Å². The lowest BCUT2D eigenvalue weighted by atomic mass is 10.1. The summed E-state index contributed by atoms with van der Waals surface area (Å²) in [4.78, 5) is 14.3. The van der Waals surface area contributed by atoms with Gasteiger partial charge in [0, 0.05) is 29.6 Å². The number of carbonyl (C=O) groups is 1. The van der Waals surface area contributed by atoms with Gasteiger partial charge >= 0.3 is 0 Å². The maximum absolute atomic E-state index is 11.9. The molecule has 0 spiro atoms. The van der Waals surface area contributed by atoms with Gasteiger partial charge in [0.15, 0.2) is 0 Å². The molecule has 1 rings (SSSR count). The second-order valence-electron chi connectivity index (χ2n) is 5.58. The molecule has 0 aliphatic heterocycles. The summed E-state index contributed by atoms with van der Waals surface area (Å²) in [6.07, 6.45) is 0.441. The molecule has 20 heavy (non-hydrogen) atoms. The van der Waals surface area contributed by atoms with E-state index in [4.69, 9.17) is 0 Å². The molecule has 0 radical (unpaired) electrons. The van der Waals surface area contributed by atoms with E-state index < -0.39 is 0 Å². The summed E-state index contributed by atoms with van der Waals surface area (Å²) in [5.41, 5.74) is 1.04. The van der Waals surface area contributed by atoms with Gasteiger partial charge < -0.3 is 5.32 Å². The van der Waals surface area contributed by atoms with E-state index in [0.29, 0.717) is 25.0 Å². The number of hydrogen-bond acceptors (Lipinski definition) is 2. The average Bonchev–Trinajstić information content (AvgIpc) is 2.36. The Balaban J connectivity index is 2.34. The summed E-state index contributed by atoms with van der Waals surface area (Å²) in [5.74, 6) is 0.0831. The third-order valence-electron chi connectivity index (χ3n) is 3.30. The fourth-order valence-electron chi connectivity index (χ4n) is 2.29. The van der Waals surface area contributed by atoms with Crippen molar-refractivity contribution in [2.45, 2.75) is 46.2 Å². The Bertz CT molecular complexity index is 407. The largest absolute Gasteiger partial charge is 0.355 e. The van der Waals surface area contributed by atoms with E-state index in [-0.39, 0.29) is 5.91 Å². The average molecular weight is 341 g/mol. The molecule has 1 amide bonds. The number of hydrogen-bond donors (Lipinski definition) is 1. The summed E-state index contributed by atoms with van der Waals surface area (Å²) in [6.45, 7) is 10.3. The summed E-state index contributed by atoms with van der Waals surface area (Å²) in [6, 6.07) is 8.86. The predicted molar refractivity (Wildman–Crippen MR) is 87.8 cm³/mol. The second kappa shape index (κ2) is 8.42. The normalized spacial score (nSPS) is 11.4. The van der Waals surface area contributed by atoms with Crippen LogP contribution >= 0.6 is 15.9 Å². The SMILES string of the molecule is CC(C)N(CCNC(=O)Cc1ccc(Br)cc1)C(C)C. The fraction of sp³-hybridized carbons (Fsp3) is 0.562. The summed E-state index contributed by atoms with van der Waals surface area (Å²) in [7, 11) is 0. The topological polar surface area (TPSA) is 32.3 Å². The van der Waals surface area contributed by atoms with Crippen molar-refractivity contribution >= 4 is 21.8 Å². The maximum Gasteiger partial charge on any atom is 0.224 e. The van der Waals surface area contributed by atoms with Crippen LogP contribution in [-0.2, 0) is 11.2 Å². The highest BCUT2D eigenvalue weighted by Gasteiger charge is 2.13. The van der Waals surface area contributed by atoms with E-state index >= 15 is 0 Å². The lowest BCUT2D eigenvalue weighted by molar-refractivity contribution is -0.120. The van der Waals surface area contributed by atoms with Crippen LogP contribution in [0.3, 0.4) is 0 Å². The van der Waals surface area contributed by atoms with Gasteiger partial charge in [-0.3, -0.25) is 9.69 Å². The van der Waals surface area contributed by atoms with Crippen molar-refractivity contribution in [2.75, 3.05) is 13.1 Å². The molecule has 0 aromatic heterocycles. The second-order valence-corrected chi connectivity index (χ2v) is 6.49. The minimum Gasteiger partial charge on any atom is -0.355 e. The van der Waals surface area contributed by atoms with E-state index in [1.807, 2.05) is 24.3 Å². The van der Waals surface area contributed by atoms with Gasteiger partial charge in [-0.2, -0.15) is 0 Å². The zero-order chi connectivity index (χ0) is 15.1. The Morgan fingerprint density at radius 2 is 1.70 bits per heavy atom. The van der Waals surface area contributed by atoms with Crippen molar-refractivity contribution in [3.63, 3.8) is 0 Å². The van der Waals surface area contributed by atoms with Gasteiger partial charge in [0.2, 0.25) is 5.91 Å². The maximum atomic E-state index is 11.9. The summed E-state index contributed by atoms with van der Waals surface area (Å²) < 4.78 is 1.03. The predicted octanol–water partition coefficient (Wildman–Crippen LogP) is 3.23. The van der Waals surface area contributed by atoms with Crippen molar-refractivity contribution in [2.24, 2.45) is 0 Å². The first-order chi connectivity index (χ1) is 9.40. The minimum absolute atomic E-state index is 0.0831. The number of rotatable bonds is 7. The Kier molecular flexibility index (Phi) is 7.24. The molecular weight excluding hydrogens is 316 g/mol. The molecule has 0 unspecified atom stereocenters. The van der Waals surface area contributed by atoms with E-state index in [1.165, 1.54) is 0 Å². The molecule has 0 heterocycles. The Morgan fingerprint density at radius 3 is 2.20 bits per heavy atom. The molecule has 0 atom stereocenters. The molecule has 0 aliphatic carbocycles. The van der Waals surface area contributed by atoms with Crippen LogP contribution in [0.25, 0.3) is 0 Å². The van der Waals surface area contributed by atoms with Crippen molar-refractivity contribution < 1.29 is 4.79 Å². The van der Waals surface area contributed by atoms with Gasteiger partial charge in [0.05, 0.1) is 6.42 Å². The van der Waals surface area contributed by atoms with Crippen LogP contribution in [0, 0.1) is 0 Å². The zero-order valence-corrected chi connectivity index (χ0v) is 14.4. The molecular formula is C16H25BrN2O. The van der Waals surface area contributed by atoms with E-state index in [2.05, 4.69) is 53.8 Å². The molecule has 0 saturated heterocycles. The summed E-state index contributed by atoms with van der Waals surface area (Å²) in [5, 5.41) is 2.99. The molecule has 3 nitrogen and oxygen atoms in total. The first kappa shape index (κ1) is 17.2. The third kappa shape index (κ3) is 6.06. The molecule has 112 valence electrons. The van der Waals surface area contributed by atoms with Gasteiger partial charge in [-0.05, 0) is 45.4 Å². The van der Waals surface area contributed by atoms with E-state index in [9.17, 15) is 4.79 Å². The number of nitrogens with zero attached hydrogens (tertiary/aromatic N) is 1. The van der Waals surface area contributed by atoms with Crippen molar-refractivity contribution in [3.05, 3.63) is 34.3 Å². The van der Waals surface area contributed by atoms with Gasteiger partial charge in [0.25, 0.3) is 0 Å². The summed E-state index contributed by atoms with van der Waals surface area (Å²) >= 11 is 3.39. The van der Waals surface area contributed by atoms with Crippen LogP contribution in [-0.4, -0.2) is 36.0 Å². The lowest BCUT2D eigenvalue weighted by Crippen LogP contribution is -2.42. The molecule has 4 heteroatoms. The van der Waals surface area contributed by atoms with Gasteiger partial charge in [-0.1, -0.05) is 28.1 Å². The van der Waals surface area contributed by atoms with Crippen LogP contribution in [0.4, 0.5) is 0 Å². The number of amides is 1. The van der Waals surface area contributed by atoms with E-state index in [0.717, 1.165) is 16.6 Å². The highest BCUT2D eigenvalue weighted by Crippen LogP contribution is 2.10. The molecule has 0 aliphatic rings. The quantitative estimate of drug-likeness (QED) is 0.826. The monoisotopic (exact) mass is 340 g/mol. The Hall–Kier alpha value is -0.870. The zero-order valence-electron chi connectivity index (χ0n) is 12.8. The van der Waals surface area contributed by atoms with Crippen LogP contribution in [0.5, 0.6) is 0 Å². The molecule has 0 fully saturated rings. The number of halogens is 1. The van der Waals surface area contributed by atoms with Crippen LogP contribution in [0.1, 0.15) is 33.3 Å². The number of nitrogens with one attached hydrogen (secondary N) is 1. The lowest BCUT2D eigenvalue weighted by Gasteiger charge is -2.30. The Labute approximate surface area is 130 Å². The molecule has 1 N–H and O–H groups in total. The number of carbonyl (C=O) groups excluding carboxylic acids is 1. The molecule has 1 aromatic rings. The smallest absolute Gasteiger partial charge is 0.224 e. The Morgan fingerprint density at radius 1 is 1.15 bits per heavy atom. The van der Waals surface area contributed by atoms with Gasteiger partial charge in [0.1, 0.15) is 0 Å². The van der Waals surface area contributed by atoms with Gasteiger partial charge in [-0.25, -0.2) is 0 Å². The molecule has 1 aromatic carbocycles. The van der Waals surface area contributed by atoms with Crippen LogP contribution < -0.4 is 5.32 Å². The van der Waals surface area contributed by atoms with Crippen LogP contribution in [0.15, 0.2) is 28.7 Å². The van der Waals surface area contributed by atoms with Crippen molar-refractivity contribution in [1.29, 1.82) is 0 Å². The van der Waals surface area contributed by atoms with Gasteiger partial charge in [-0.15, -0.1) is 0 Å².